The predicted molar refractivity (Wildman–Crippen MR) is 58.0 cm³/mol. The molecule has 1 atom stereocenters. The van der Waals surface area contributed by atoms with E-state index >= 15 is 0 Å². The number of benzene rings is 1. The fourth-order valence-corrected chi connectivity index (χ4v) is 1.71. The first-order valence-electron chi connectivity index (χ1n) is 4.99. The van der Waals surface area contributed by atoms with Gasteiger partial charge in [-0.3, -0.25) is 0 Å². The Morgan fingerprint density at radius 1 is 1.53 bits per heavy atom. The van der Waals surface area contributed by atoms with E-state index < -0.39 is 0 Å². The van der Waals surface area contributed by atoms with Crippen LogP contribution < -0.4 is 10.6 Å². The monoisotopic (exact) mass is 206 g/mol. The molecule has 1 heterocycles. The van der Waals surface area contributed by atoms with Crippen LogP contribution in [0, 0.1) is 0 Å². The number of nitrogens with one attached hydrogen (secondary N) is 2. The molecule has 0 fully saturated rings. The highest BCUT2D eigenvalue weighted by molar-refractivity contribution is 5.67. The molecule has 0 spiro atoms. The molecule has 0 saturated heterocycles. The lowest BCUT2D eigenvalue weighted by molar-refractivity contribution is 0.104. The summed E-state index contributed by atoms with van der Waals surface area (Å²) in [6.07, 6.45) is 0.317. The number of carbonyl (C=O) groups excluding carboxylic acids is 1. The fourth-order valence-electron chi connectivity index (χ4n) is 1.71. The first kappa shape index (κ1) is 9.83. The summed E-state index contributed by atoms with van der Waals surface area (Å²) < 4.78 is 5.18. The Labute approximate surface area is 88.6 Å². The minimum Gasteiger partial charge on any atom is -0.444 e. The predicted octanol–water partition coefficient (Wildman–Crippen LogP) is 1.38. The van der Waals surface area contributed by atoms with Gasteiger partial charge in [-0.05, 0) is 11.6 Å². The second-order valence-electron chi connectivity index (χ2n) is 3.52. The van der Waals surface area contributed by atoms with Crippen molar-refractivity contribution < 1.29 is 9.53 Å². The molecule has 0 bridgehead atoms. The molecule has 0 saturated carbocycles. The van der Waals surface area contributed by atoms with Gasteiger partial charge < -0.3 is 15.4 Å². The third-order valence-corrected chi connectivity index (χ3v) is 2.46. The smallest absolute Gasteiger partial charge is 0.407 e. The van der Waals surface area contributed by atoms with Gasteiger partial charge in [-0.1, -0.05) is 18.2 Å². The number of alkyl carbamates (subject to hydrolysis) is 1. The Morgan fingerprint density at radius 2 is 2.33 bits per heavy atom. The van der Waals surface area contributed by atoms with Crippen molar-refractivity contribution >= 4 is 11.8 Å². The van der Waals surface area contributed by atoms with Crippen molar-refractivity contribution in [1.82, 2.24) is 5.32 Å². The van der Waals surface area contributed by atoms with E-state index in [9.17, 15) is 4.79 Å². The lowest BCUT2D eigenvalue weighted by atomic mass is 10.0. The molecule has 0 aromatic heterocycles. The number of fused-ring (bicyclic) bond motifs is 1. The lowest BCUT2D eigenvalue weighted by Gasteiger charge is -2.25. The third kappa shape index (κ3) is 2.21. The quantitative estimate of drug-likeness (QED) is 0.729. The van der Waals surface area contributed by atoms with E-state index in [0.717, 1.165) is 12.1 Å². The highest BCUT2D eigenvalue weighted by atomic mass is 16.6. The maximum atomic E-state index is 11.0. The van der Waals surface area contributed by atoms with Crippen LogP contribution in [0.25, 0.3) is 0 Å². The van der Waals surface area contributed by atoms with E-state index in [0.29, 0.717) is 6.54 Å². The van der Waals surface area contributed by atoms with Crippen LogP contribution in [0.1, 0.15) is 5.56 Å². The summed E-state index contributed by atoms with van der Waals surface area (Å²) in [4.78, 5) is 11.0. The molecule has 2 rings (SSSR count). The summed E-state index contributed by atoms with van der Waals surface area (Å²) in [6, 6.07) is 8.06. The molecule has 0 radical (unpaired) electrons. The number of rotatable bonds is 1. The summed E-state index contributed by atoms with van der Waals surface area (Å²) in [5.41, 5.74) is 2.33. The maximum Gasteiger partial charge on any atom is 0.407 e. The first-order chi connectivity index (χ1) is 7.29. The van der Waals surface area contributed by atoms with Gasteiger partial charge >= 0.3 is 6.09 Å². The molecule has 1 aromatic carbocycles. The largest absolute Gasteiger partial charge is 0.444 e. The number of para-hydroxylation sites is 1. The normalized spacial score (nSPS) is 18.6. The average Bonchev–Trinajstić information content (AvgIpc) is 2.29. The maximum absolute atomic E-state index is 11.0. The zero-order chi connectivity index (χ0) is 10.7. The summed E-state index contributed by atoms with van der Waals surface area (Å²) in [7, 11) is 1.56. The Balaban J connectivity index is 2.02. The topological polar surface area (TPSA) is 50.4 Å². The third-order valence-electron chi connectivity index (χ3n) is 2.46. The van der Waals surface area contributed by atoms with Crippen molar-refractivity contribution in [2.24, 2.45) is 0 Å². The number of anilines is 1. The number of hydrogen-bond donors (Lipinski definition) is 2. The zero-order valence-electron chi connectivity index (χ0n) is 8.62. The minimum atomic E-state index is -0.374. The van der Waals surface area contributed by atoms with Gasteiger partial charge in [0.25, 0.3) is 0 Å². The van der Waals surface area contributed by atoms with Crippen LogP contribution in [0.3, 0.4) is 0 Å². The Morgan fingerprint density at radius 3 is 3.13 bits per heavy atom. The number of amides is 1. The first-order valence-corrected chi connectivity index (χ1v) is 4.99. The van der Waals surface area contributed by atoms with Gasteiger partial charge in [0.15, 0.2) is 0 Å². The van der Waals surface area contributed by atoms with Gasteiger partial charge in [0.05, 0.1) is 6.54 Å². The molecule has 15 heavy (non-hydrogen) atoms. The van der Waals surface area contributed by atoms with Gasteiger partial charge in [0, 0.05) is 19.2 Å². The van der Waals surface area contributed by atoms with E-state index in [2.05, 4.69) is 10.6 Å². The fraction of sp³-hybridized carbons (Fsp3) is 0.364. The Hall–Kier alpha value is -1.71. The van der Waals surface area contributed by atoms with E-state index in [-0.39, 0.29) is 12.2 Å². The Kier molecular flexibility index (Phi) is 2.76. The van der Waals surface area contributed by atoms with Gasteiger partial charge in [0.2, 0.25) is 0 Å². The second-order valence-corrected chi connectivity index (χ2v) is 3.52. The highest BCUT2D eigenvalue weighted by Gasteiger charge is 2.20. The summed E-state index contributed by atoms with van der Waals surface area (Å²) >= 11 is 0. The lowest BCUT2D eigenvalue weighted by Crippen LogP contribution is -2.35. The van der Waals surface area contributed by atoms with Crippen LogP contribution in [-0.2, 0) is 11.2 Å². The van der Waals surface area contributed by atoms with Crippen molar-refractivity contribution in [1.29, 1.82) is 0 Å². The summed E-state index contributed by atoms with van der Waals surface area (Å²) in [6.45, 7) is 0.671. The Bertz CT molecular complexity index is 365. The zero-order valence-corrected chi connectivity index (χ0v) is 8.62. The molecule has 80 valence electrons. The standard InChI is InChI=1S/C11H14N2O2/c1-12-11(14)15-9-6-8-4-2-3-5-10(8)13-7-9/h2-5,9,13H,6-7H2,1H3,(H,12,14). The van der Waals surface area contributed by atoms with Crippen molar-refractivity contribution in [2.75, 3.05) is 18.9 Å². The molecule has 4 nitrogen and oxygen atoms in total. The highest BCUT2D eigenvalue weighted by Crippen LogP contribution is 2.22. The second kappa shape index (κ2) is 4.21. The van der Waals surface area contributed by atoms with Crippen molar-refractivity contribution in [3.8, 4) is 0 Å². The number of ether oxygens (including phenoxy) is 1. The summed E-state index contributed by atoms with van der Waals surface area (Å²) in [5, 5.41) is 5.68. The van der Waals surface area contributed by atoms with Crippen LogP contribution in [0.4, 0.5) is 10.5 Å². The van der Waals surface area contributed by atoms with Crippen molar-refractivity contribution in [3.05, 3.63) is 29.8 Å². The number of carbonyl (C=O) groups is 1. The van der Waals surface area contributed by atoms with E-state index in [1.54, 1.807) is 7.05 Å². The molecule has 1 aliphatic rings. The molecule has 1 amide bonds. The van der Waals surface area contributed by atoms with E-state index in [1.165, 1.54) is 5.56 Å². The van der Waals surface area contributed by atoms with Gasteiger partial charge in [-0.2, -0.15) is 0 Å². The van der Waals surface area contributed by atoms with Gasteiger partial charge in [-0.25, -0.2) is 4.79 Å². The van der Waals surface area contributed by atoms with Gasteiger partial charge in [0.1, 0.15) is 6.10 Å². The van der Waals surface area contributed by atoms with Crippen LogP contribution in [-0.4, -0.2) is 25.8 Å². The van der Waals surface area contributed by atoms with Crippen LogP contribution in [0.2, 0.25) is 0 Å². The van der Waals surface area contributed by atoms with Crippen molar-refractivity contribution in [2.45, 2.75) is 12.5 Å². The molecule has 1 aliphatic heterocycles. The summed E-state index contributed by atoms with van der Waals surface area (Å²) in [5.74, 6) is 0. The molecule has 1 unspecified atom stereocenters. The minimum absolute atomic E-state index is 0.0835. The molecule has 4 heteroatoms. The van der Waals surface area contributed by atoms with E-state index in [1.807, 2.05) is 24.3 Å². The van der Waals surface area contributed by atoms with Crippen LogP contribution in [0.15, 0.2) is 24.3 Å². The van der Waals surface area contributed by atoms with E-state index in [4.69, 9.17) is 4.74 Å². The van der Waals surface area contributed by atoms with Gasteiger partial charge in [-0.15, -0.1) is 0 Å². The molecule has 1 aromatic rings. The molecular formula is C11H14N2O2. The molecule has 2 N–H and O–H groups in total. The average molecular weight is 206 g/mol. The van der Waals surface area contributed by atoms with Crippen molar-refractivity contribution in [3.63, 3.8) is 0 Å². The molecular weight excluding hydrogens is 192 g/mol. The SMILES string of the molecule is CNC(=O)OC1CNc2ccccc2C1. The van der Waals surface area contributed by atoms with Crippen LogP contribution in [0.5, 0.6) is 0 Å². The van der Waals surface area contributed by atoms with Crippen LogP contribution >= 0.6 is 0 Å². The molecule has 0 aliphatic carbocycles. The number of hydrogen-bond acceptors (Lipinski definition) is 3.